The third-order valence-corrected chi connectivity index (χ3v) is 6.62. The average Bonchev–Trinajstić information content (AvgIpc) is 2.92. The van der Waals surface area contributed by atoms with Crippen molar-refractivity contribution in [3.05, 3.63) is 90.0 Å². The number of benzene rings is 3. The van der Waals surface area contributed by atoms with E-state index < -0.39 is 0 Å². The van der Waals surface area contributed by atoms with Crippen LogP contribution in [0.25, 0.3) is 22.4 Å². The standard InChI is InChI=1S/C29H25N3O3S/c1-19-6-4-5-7-26(19)31-28(33)18-36-29-25(17-30)24(20-8-12-22(34-2)13-9-20)16-27(32-29)21-10-14-23(35-3)15-11-21/h4-16H,18H2,1-3H3,(H,31,33). The van der Waals surface area contributed by atoms with Gasteiger partial charge in [0.05, 0.1) is 31.2 Å². The number of nitriles is 1. The van der Waals surface area contributed by atoms with Gasteiger partial charge in [0, 0.05) is 16.8 Å². The van der Waals surface area contributed by atoms with E-state index in [0.717, 1.165) is 39.4 Å². The third-order valence-electron chi connectivity index (χ3n) is 5.64. The third kappa shape index (κ3) is 5.68. The number of amides is 1. The molecule has 0 fully saturated rings. The number of hydrogen-bond acceptors (Lipinski definition) is 6. The molecule has 0 bridgehead atoms. The van der Waals surface area contributed by atoms with Gasteiger partial charge in [-0.3, -0.25) is 4.79 Å². The summed E-state index contributed by atoms with van der Waals surface area (Å²) in [5, 5.41) is 13.5. The number of ether oxygens (including phenoxy) is 2. The van der Waals surface area contributed by atoms with Gasteiger partial charge < -0.3 is 14.8 Å². The lowest BCUT2D eigenvalue weighted by Crippen LogP contribution is -2.15. The van der Waals surface area contributed by atoms with Crippen molar-refractivity contribution in [1.29, 1.82) is 5.26 Å². The Balaban J connectivity index is 1.71. The van der Waals surface area contributed by atoms with Crippen LogP contribution in [-0.2, 0) is 4.79 Å². The summed E-state index contributed by atoms with van der Waals surface area (Å²) in [5.74, 6) is 1.42. The van der Waals surface area contributed by atoms with Crippen molar-refractivity contribution in [2.75, 3.05) is 25.3 Å². The fourth-order valence-electron chi connectivity index (χ4n) is 3.68. The number of aromatic nitrogens is 1. The Morgan fingerprint density at radius 2 is 1.56 bits per heavy atom. The van der Waals surface area contributed by atoms with Gasteiger partial charge in [0.25, 0.3) is 0 Å². The first-order valence-corrected chi connectivity index (χ1v) is 12.2. The van der Waals surface area contributed by atoms with Gasteiger partial charge in [-0.25, -0.2) is 4.98 Å². The van der Waals surface area contributed by atoms with E-state index >= 15 is 0 Å². The molecule has 0 spiro atoms. The van der Waals surface area contributed by atoms with E-state index in [0.29, 0.717) is 16.3 Å². The molecule has 180 valence electrons. The van der Waals surface area contributed by atoms with Gasteiger partial charge in [-0.05, 0) is 66.6 Å². The zero-order valence-corrected chi connectivity index (χ0v) is 21.1. The molecule has 1 amide bonds. The van der Waals surface area contributed by atoms with Crippen molar-refractivity contribution >= 4 is 23.4 Å². The summed E-state index contributed by atoms with van der Waals surface area (Å²) in [7, 11) is 3.23. The number of anilines is 1. The molecule has 0 radical (unpaired) electrons. The highest BCUT2D eigenvalue weighted by atomic mass is 32.2. The summed E-state index contributed by atoms with van der Waals surface area (Å²) in [6.07, 6.45) is 0. The van der Waals surface area contributed by atoms with Gasteiger partial charge >= 0.3 is 0 Å². The molecule has 1 N–H and O–H groups in total. The fraction of sp³-hybridized carbons (Fsp3) is 0.138. The van der Waals surface area contributed by atoms with E-state index in [-0.39, 0.29) is 11.7 Å². The largest absolute Gasteiger partial charge is 0.497 e. The molecule has 0 aliphatic heterocycles. The first-order valence-electron chi connectivity index (χ1n) is 11.2. The lowest BCUT2D eigenvalue weighted by molar-refractivity contribution is -0.113. The molecule has 0 aliphatic carbocycles. The molecule has 0 saturated heterocycles. The maximum Gasteiger partial charge on any atom is 0.234 e. The topological polar surface area (TPSA) is 84.2 Å². The normalized spacial score (nSPS) is 10.4. The number of rotatable bonds is 8. The molecule has 0 atom stereocenters. The second-order valence-electron chi connectivity index (χ2n) is 7.96. The summed E-state index contributed by atoms with van der Waals surface area (Å²) in [6.45, 7) is 1.94. The predicted octanol–water partition coefficient (Wildman–Crippen LogP) is 6.34. The van der Waals surface area contributed by atoms with Crippen LogP contribution in [0.1, 0.15) is 11.1 Å². The average molecular weight is 496 g/mol. The van der Waals surface area contributed by atoms with Crippen molar-refractivity contribution in [3.63, 3.8) is 0 Å². The Hall–Kier alpha value is -4.28. The second kappa shape index (κ2) is 11.4. The van der Waals surface area contributed by atoms with Crippen molar-refractivity contribution in [3.8, 4) is 40.0 Å². The van der Waals surface area contributed by atoms with Crippen LogP contribution in [0, 0.1) is 18.3 Å². The van der Waals surface area contributed by atoms with Gasteiger partial charge in [-0.1, -0.05) is 42.1 Å². The summed E-state index contributed by atoms with van der Waals surface area (Å²) < 4.78 is 10.6. The van der Waals surface area contributed by atoms with Crippen LogP contribution in [0.4, 0.5) is 5.69 Å². The molecule has 1 heterocycles. The van der Waals surface area contributed by atoms with Crippen molar-refractivity contribution in [1.82, 2.24) is 4.98 Å². The lowest BCUT2D eigenvalue weighted by Gasteiger charge is -2.13. The molecule has 4 aromatic rings. The zero-order chi connectivity index (χ0) is 25.5. The van der Waals surface area contributed by atoms with Crippen molar-refractivity contribution < 1.29 is 14.3 Å². The predicted molar refractivity (Wildman–Crippen MR) is 143 cm³/mol. The number of thioether (sulfide) groups is 1. The Morgan fingerprint density at radius 3 is 2.14 bits per heavy atom. The summed E-state index contributed by atoms with van der Waals surface area (Å²) in [6, 6.07) is 26.9. The van der Waals surface area contributed by atoms with Crippen molar-refractivity contribution in [2.45, 2.75) is 11.9 Å². The SMILES string of the molecule is COc1ccc(-c2cc(-c3ccc(OC)cc3)c(C#N)c(SCC(=O)Nc3ccccc3C)n2)cc1. The molecule has 1 aromatic heterocycles. The first kappa shape index (κ1) is 24.8. The summed E-state index contributed by atoms with van der Waals surface area (Å²) in [4.78, 5) is 17.5. The van der Waals surface area contributed by atoms with Crippen LogP contribution >= 0.6 is 11.8 Å². The van der Waals surface area contributed by atoms with Crippen LogP contribution in [0.5, 0.6) is 11.5 Å². The molecule has 0 unspecified atom stereocenters. The van der Waals surface area contributed by atoms with Gasteiger partial charge in [0.1, 0.15) is 22.6 Å². The zero-order valence-electron chi connectivity index (χ0n) is 20.2. The van der Waals surface area contributed by atoms with Crippen LogP contribution in [0.2, 0.25) is 0 Å². The van der Waals surface area contributed by atoms with E-state index in [1.165, 1.54) is 11.8 Å². The Labute approximate surface area is 214 Å². The van der Waals surface area contributed by atoms with Gasteiger partial charge in [-0.15, -0.1) is 0 Å². The molecular weight excluding hydrogens is 470 g/mol. The van der Waals surface area contributed by atoms with Gasteiger partial charge in [-0.2, -0.15) is 5.26 Å². The Kier molecular flexibility index (Phi) is 7.89. The summed E-state index contributed by atoms with van der Waals surface area (Å²) in [5.41, 5.74) is 5.34. The number of pyridine rings is 1. The van der Waals surface area contributed by atoms with Gasteiger partial charge in [0.2, 0.25) is 5.91 Å². The number of nitrogens with one attached hydrogen (secondary N) is 1. The first-order chi connectivity index (χ1) is 17.5. The quantitative estimate of drug-likeness (QED) is 0.287. The number of aryl methyl sites for hydroxylation is 1. The molecular formula is C29H25N3O3S. The molecule has 7 heteroatoms. The molecule has 36 heavy (non-hydrogen) atoms. The van der Waals surface area contributed by atoms with Crippen LogP contribution < -0.4 is 14.8 Å². The molecule has 0 saturated carbocycles. The molecule has 4 rings (SSSR count). The highest BCUT2D eigenvalue weighted by molar-refractivity contribution is 8.00. The molecule has 0 aliphatic rings. The fourth-order valence-corrected chi connectivity index (χ4v) is 4.48. The minimum absolute atomic E-state index is 0.115. The van der Waals surface area contributed by atoms with Crippen molar-refractivity contribution in [2.24, 2.45) is 0 Å². The molecule has 6 nitrogen and oxygen atoms in total. The highest BCUT2D eigenvalue weighted by Gasteiger charge is 2.17. The number of para-hydroxylation sites is 1. The minimum atomic E-state index is -0.166. The number of carbonyl (C=O) groups is 1. The monoisotopic (exact) mass is 495 g/mol. The van der Waals surface area contributed by atoms with E-state index in [1.54, 1.807) is 14.2 Å². The van der Waals surface area contributed by atoms with E-state index in [2.05, 4.69) is 11.4 Å². The smallest absolute Gasteiger partial charge is 0.234 e. The van der Waals surface area contributed by atoms with Crippen LogP contribution in [0.3, 0.4) is 0 Å². The van der Waals surface area contributed by atoms with Crippen LogP contribution in [0.15, 0.2) is 83.9 Å². The maximum absolute atomic E-state index is 12.7. The summed E-state index contributed by atoms with van der Waals surface area (Å²) >= 11 is 1.24. The maximum atomic E-state index is 12.7. The van der Waals surface area contributed by atoms with Crippen LogP contribution in [-0.4, -0.2) is 30.9 Å². The number of carbonyl (C=O) groups excluding carboxylic acids is 1. The van der Waals surface area contributed by atoms with E-state index in [4.69, 9.17) is 14.5 Å². The van der Waals surface area contributed by atoms with E-state index in [1.807, 2.05) is 85.8 Å². The molecule has 3 aromatic carbocycles. The number of nitrogens with zero attached hydrogens (tertiary/aromatic N) is 2. The second-order valence-corrected chi connectivity index (χ2v) is 8.92. The Morgan fingerprint density at radius 1 is 0.944 bits per heavy atom. The van der Waals surface area contributed by atoms with Gasteiger partial charge in [0.15, 0.2) is 0 Å². The van der Waals surface area contributed by atoms with E-state index in [9.17, 15) is 10.1 Å². The lowest BCUT2D eigenvalue weighted by atomic mass is 9.99. The highest BCUT2D eigenvalue weighted by Crippen LogP contribution is 2.35. The Bertz CT molecular complexity index is 1410. The number of hydrogen-bond donors (Lipinski definition) is 1. The number of methoxy groups -OCH3 is 2. The minimum Gasteiger partial charge on any atom is -0.497 e.